The van der Waals surface area contributed by atoms with Crippen molar-refractivity contribution in [3.8, 4) is 0 Å². The van der Waals surface area contributed by atoms with Crippen LogP contribution >= 0.6 is 11.3 Å². The molecule has 0 aromatic carbocycles. The molecule has 108 valence electrons. The van der Waals surface area contributed by atoms with Gasteiger partial charge in [-0.1, -0.05) is 6.07 Å². The maximum absolute atomic E-state index is 12.2. The molecule has 0 unspecified atom stereocenters. The van der Waals surface area contributed by atoms with Gasteiger partial charge < -0.3 is 0 Å². The van der Waals surface area contributed by atoms with E-state index >= 15 is 0 Å². The first kappa shape index (κ1) is 13.9. The number of fused-ring (bicyclic) bond motifs is 1. The van der Waals surface area contributed by atoms with Crippen LogP contribution in [0.2, 0.25) is 0 Å². The van der Waals surface area contributed by atoms with E-state index in [1.165, 1.54) is 23.3 Å². The van der Waals surface area contributed by atoms with E-state index in [1.54, 1.807) is 23.7 Å². The Morgan fingerprint density at radius 3 is 3.00 bits per heavy atom. The van der Waals surface area contributed by atoms with Crippen LogP contribution in [0.25, 0.3) is 0 Å². The van der Waals surface area contributed by atoms with Crippen LogP contribution in [-0.4, -0.2) is 16.6 Å². The summed E-state index contributed by atoms with van der Waals surface area (Å²) in [6.07, 6.45) is 8.10. The second-order valence-corrected chi connectivity index (χ2v) is 6.28. The van der Waals surface area contributed by atoms with E-state index in [0.29, 0.717) is 0 Å². The molecule has 21 heavy (non-hydrogen) atoms. The van der Waals surface area contributed by atoms with Crippen molar-refractivity contribution in [1.29, 1.82) is 0 Å². The first-order valence-electron chi connectivity index (χ1n) is 7.10. The van der Waals surface area contributed by atoms with Crippen LogP contribution in [0.15, 0.2) is 35.7 Å². The van der Waals surface area contributed by atoms with Gasteiger partial charge in [-0.2, -0.15) is 5.10 Å². The molecule has 0 saturated heterocycles. The fourth-order valence-electron chi connectivity index (χ4n) is 2.43. The van der Waals surface area contributed by atoms with Gasteiger partial charge in [-0.15, -0.1) is 11.3 Å². The van der Waals surface area contributed by atoms with E-state index in [-0.39, 0.29) is 5.91 Å². The Morgan fingerprint density at radius 2 is 2.24 bits per heavy atom. The minimum atomic E-state index is -0.127. The lowest BCUT2D eigenvalue weighted by atomic mass is 9.99. The highest BCUT2D eigenvalue weighted by Gasteiger charge is 2.16. The van der Waals surface area contributed by atoms with E-state index < -0.39 is 0 Å². The molecule has 1 aliphatic carbocycles. The molecular formula is C16H17N3OS. The van der Waals surface area contributed by atoms with Crippen molar-refractivity contribution in [3.05, 3.63) is 51.5 Å². The number of aromatic nitrogens is 1. The number of carbonyl (C=O) groups excluding carboxylic acids is 1. The first-order chi connectivity index (χ1) is 10.2. The molecule has 5 heteroatoms. The normalized spacial score (nSPS) is 14.6. The van der Waals surface area contributed by atoms with Gasteiger partial charge in [0.05, 0.1) is 10.6 Å². The molecular weight excluding hydrogens is 282 g/mol. The minimum Gasteiger partial charge on any atom is -0.266 e. The third kappa shape index (κ3) is 3.19. The molecule has 0 aliphatic heterocycles. The van der Waals surface area contributed by atoms with E-state index in [4.69, 9.17) is 0 Å². The largest absolute Gasteiger partial charge is 0.281 e. The summed E-state index contributed by atoms with van der Waals surface area (Å²) in [7, 11) is 0. The van der Waals surface area contributed by atoms with Gasteiger partial charge in [0.1, 0.15) is 0 Å². The maximum atomic E-state index is 12.2. The van der Waals surface area contributed by atoms with Crippen LogP contribution in [0, 0.1) is 0 Å². The molecule has 0 fully saturated rings. The average Bonchev–Trinajstić information content (AvgIpc) is 2.97. The Bertz CT molecular complexity index is 653. The number of hydrazone groups is 1. The second-order valence-electron chi connectivity index (χ2n) is 5.15. The fourth-order valence-corrected chi connectivity index (χ4v) is 3.58. The van der Waals surface area contributed by atoms with Gasteiger partial charge in [0.15, 0.2) is 0 Å². The van der Waals surface area contributed by atoms with Crippen molar-refractivity contribution in [1.82, 2.24) is 10.4 Å². The SMILES string of the molecule is CC(=NNC(=O)c1cc2c(s1)CCCC2)c1cccnc1. The molecule has 0 radical (unpaired) electrons. The Morgan fingerprint density at radius 1 is 1.38 bits per heavy atom. The number of nitrogens with one attached hydrogen (secondary N) is 1. The first-order valence-corrected chi connectivity index (χ1v) is 7.92. The average molecular weight is 299 g/mol. The van der Waals surface area contributed by atoms with Gasteiger partial charge >= 0.3 is 0 Å². The summed E-state index contributed by atoms with van der Waals surface area (Å²) in [5, 5.41) is 4.16. The summed E-state index contributed by atoms with van der Waals surface area (Å²) in [5.74, 6) is -0.127. The number of pyridine rings is 1. The van der Waals surface area contributed by atoms with Crippen LogP contribution in [0.3, 0.4) is 0 Å². The van der Waals surface area contributed by atoms with Crippen LogP contribution in [-0.2, 0) is 12.8 Å². The van der Waals surface area contributed by atoms with E-state index in [1.807, 2.05) is 25.1 Å². The van der Waals surface area contributed by atoms with Gasteiger partial charge in [0.25, 0.3) is 5.91 Å². The van der Waals surface area contributed by atoms with Gasteiger partial charge in [0.2, 0.25) is 0 Å². The molecule has 1 aliphatic rings. The summed E-state index contributed by atoms with van der Waals surface area (Å²) < 4.78 is 0. The molecule has 3 rings (SSSR count). The number of carbonyl (C=O) groups is 1. The third-order valence-corrected chi connectivity index (χ3v) is 4.86. The van der Waals surface area contributed by atoms with Crippen molar-refractivity contribution < 1.29 is 4.79 Å². The van der Waals surface area contributed by atoms with Gasteiger partial charge in [-0.25, -0.2) is 5.43 Å². The molecule has 0 atom stereocenters. The summed E-state index contributed by atoms with van der Waals surface area (Å²) in [5.41, 5.74) is 5.63. The Kier molecular flexibility index (Phi) is 4.10. The summed E-state index contributed by atoms with van der Waals surface area (Å²) >= 11 is 1.60. The van der Waals surface area contributed by atoms with E-state index in [2.05, 4.69) is 15.5 Å². The van der Waals surface area contributed by atoms with E-state index in [0.717, 1.165) is 29.0 Å². The van der Waals surface area contributed by atoms with Gasteiger partial charge in [-0.3, -0.25) is 9.78 Å². The molecule has 2 aromatic rings. The molecule has 2 heterocycles. The zero-order chi connectivity index (χ0) is 14.7. The lowest BCUT2D eigenvalue weighted by Crippen LogP contribution is -2.18. The number of hydrogen-bond donors (Lipinski definition) is 1. The summed E-state index contributed by atoms with van der Waals surface area (Å²) in [6, 6.07) is 5.79. The molecule has 4 nitrogen and oxygen atoms in total. The topological polar surface area (TPSA) is 54.4 Å². The number of rotatable bonds is 3. The van der Waals surface area contributed by atoms with Crippen LogP contribution in [0.1, 0.15) is 45.4 Å². The predicted octanol–water partition coefficient (Wildman–Crippen LogP) is 3.18. The summed E-state index contributed by atoms with van der Waals surface area (Å²) in [4.78, 5) is 18.3. The fraction of sp³-hybridized carbons (Fsp3) is 0.312. The smallest absolute Gasteiger partial charge is 0.266 e. The minimum absolute atomic E-state index is 0.127. The highest BCUT2D eigenvalue weighted by Crippen LogP contribution is 2.29. The molecule has 0 bridgehead atoms. The van der Waals surface area contributed by atoms with Crippen molar-refractivity contribution in [3.63, 3.8) is 0 Å². The second kappa shape index (κ2) is 6.18. The number of hydrogen-bond acceptors (Lipinski definition) is 4. The Labute approximate surface area is 127 Å². The van der Waals surface area contributed by atoms with Crippen molar-refractivity contribution in [2.45, 2.75) is 32.6 Å². The number of amides is 1. The molecule has 0 spiro atoms. The zero-order valence-electron chi connectivity index (χ0n) is 11.9. The molecule has 1 amide bonds. The standard InChI is InChI=1S/C16H17N3OS/c1-11(13-6-4-8-17-10-13)18-19-16(20)15-9-12-5-2-3-7-14(12)21-15/h4,6,8-10H,2-3,5,7H2,1H3,(H,19,20). The van der Waals surface area contributed by atoms with Crippen molar-refractivity contribution in [2.24, 2.45) is 5.10 Å². The molecule has 1 N–H and O–H groups in total. The number of thiophene rings is 1. The van der Waals surface area contributed by atoms with Crippen molar-refractivity contribution in [2.75, 3.05) is 0 Å². The highest BCUT2D eigenvalue weighted by atomic mass is 32.1. The van der Waals surface area contributed by atoms with Crippen LogP contribution in [0.5, 0.6) is 0 Å². The van der Waals surface area contributed by atoms with Gasteiger partial charge in [-0.05, 0) is 50.3 Å². The van der Waals surface area contributed by atoms with Crippen LogP contribution < -0.4 is 5.43 Å². The lowest BCUT2D eigenvalue weighted by Gasteiger charge is -2.08. The van der Waals surface area contributed by atoms with Gasteiger partial charge in [0, 0.05) is 22.8 Å². The highest BCUT2D eigenvalue weighted by molar-refractivity contribution is 7.14. The van der Waals surface area contributed by atoms with E-state index in [9.17, 15) is 4.79 Å². The zero-order valence-corrected chi connectivity index (χ0v) is 12.7. The Hall–Kier alpha value is -2.01. The van der Waals surface area contributed by atoms with Crippen LogP contribution in [0.4, 0.5) is 0 Å². The molecule has 2 aromatic heterocycles. The molecule has 0 saturated carbocycles. The summed E-state index contributed by atoms with van der Waals surface area (Å²) in [6.45, 7) is 1.86. The predicted molar refractivity (Wildman–Crippen MR) is 84.9 cm³/mol. The lowest BCUT2D eigenvalue weighted by molar-refractivity contribution is 0.0959. The maximum Gasteiger partial charge on any atom is 0.281 e. The number of nitrogens with zero attached hydrogens (tertiary/aromatic N) is 2. The quantitative estimate of drug-likeness (QED) is 0.699. The number of aryl methyl sites for hydroxylation is 2. The third-order valence-electron chi connectivity index (χ3n) is 3.62. The monoisotopic (exact) mass is 299 g/mol. The Balaban J connectivity index is 1.70. The van der Waals surface area contributed by atoms with Crippen molar-refractivity contribution >= 4 is 23.0 Å².